The molecule has 1 N–H and O–H groups in total. The van der Waals surface area contributed by atoms with Crippen molar-refractivity contribution in [3.8, 4) is 11.5 Å². The Hall–Kier alpha value is -3.73. The van der Waals surface area contributed by atoms with E-state index in [2.05, 4.69) is 5.32 Å². The van der Waals surface area contributed by atoms with Gasteiger partial charge >= 0.3 is 0 Å². The minimum atomic E-state index is -0.248. The SMILES string of the molecule is Cc1ccc(NC2=C[C@H](c3ccc4c(c3)OCO4)N(c3ccc(C)cc3)C2=O)cc1. The third kappa shape index (κ3) is 3.28. The van der Waals surface area contributed by atoms with E-state index in [1.807, 2.05) is 91.6 Å². The van der Waals surface area contributed by atoms with Crippen molar-refractivity contribution in [3.63, 3.8) is 0 Å². The Morgan fingerprint density at radius 2 is 1.53 bits per heavy atom. The number of amides is 1. The van der Waals surface area contributed by atoms with Gasteiger partial charge in [-0.05, 0) is 61.9 Å². The average Bonchev–Trinajstić information content (AvgIpc) is 3.35. The topological polar surface area (TPSA) is 50.8 Å². The summed E-state index contributed by atoms with van der Waals surface area (Å²) in [6, 6.07) is 21.6. The largest absolute Gasteiger partial charge is 0.454 e. The molecule has 2 aliphatic heterocycles. The van der Waals surface area contributed by atoms with E-state index in [4.69, 9.17) is 9.47 Å². The summed E-state index contributed by atoms with van der Waals surface area (Å²) in [5, 5.41) is 3.29. The molecule has 5 nitrogen and oxygen atoms in total. The normalized spacial score (nSPS) is 17.3. The first-order valence-corrected chi connectivity index (χ1v) is 9.94. The number of rotatable bonds is 4. The summed E-state index contributed by atoms with van der Waals surface area (Å²) in [7, 11) is 0. The predicted octanol–water partition coefficient (Wildman–Crippen LogP) is 5.12. The smallest absolute Gasteiger partial charge is 0.275 e. The van der Waals surface area contributed by atoms with Gasteiger partial charge in [-0.25, -0.2) is 0 Å². The van der Waals surface area contributed by atoms with Gasteiger partial charge in [0, 0.05) is 11.4 Å². The standard InChI is InChI=1S/C25H22N2O3/c1-16-3-8-19(9-4-16)26-21-14-22(18-7-12-23-24(13-18)30-15-29-23)27(25(21)28)20-10-5-17(2)6-11-20/h3-14,22,26H,15H2,1-2H3/t22-/m1/s1. The highest BCUT2D eigenvalue weighted by molar-refractivity contribution is 6.11. The highest BCUT2D eigenvalue weighted by Gasteiger charge is 2.35. The minimum Gasteiger partial charge on any atom is -0.454 e. The van der Waals surface area contributed by atoms with Crippen LogP contribution < -0.4 is 19.7 Å². The van der Waals surface area contributed by atoms with Crippen molar-refractivity contribution in [2.75, 3.05) is 17.0 Å². The molecule has 150 valence electrons. The molecule has 2 heterocycles. The molecule has 2 aliphatic rings. The summed E-state index contributed by atoms with van der Waals surface area (Å²) in [5.41, 5.74) is 5.58. The highest BCUT2D eigenvalue weighted by Crippen LogP contribution is 2.40. The molecule has 0 aromatic heterocycles. The summed E-state index contributed by atoms with van der Waals surface area (Å²) < 4.78 is 11.0. The van der Waals surface area contributed by atoms with Crippen LogP contribution >= 0.6 is 0 Å². The number of nitrogens with one attached hydrogen (secondary N) is 1. The molecule has 0 saturated heterocycles. The molecule has 0 spiro atoms. The Bertz CT molecular complexity index is 1130. The van der Waals surface area contributed by atoms with Crippen LogP contribution in [0, 0.1) is 13.8 Å². The van der Waals surface area contributed by atoms with Crippen LogP contribution in [-0.4, -0.2) is 12.7 Å². The van der Waals surface area contributed by atoms with Crippen molar-refractivity contribution in [2.24, 2.45) is 0 Å². The Morgan fingerprint density at radius 1 is 0.867 bits per heavy atom. The fourth-order valence-electron chi connectivity index (χ4n) is 3.77. The molecular formula is C25H22N2O3. The Labute approximate surface area is 175 Å². The van der Waals surface area contributed by atoms with Gasteiger partial charge in [0.25, 0.3) is 5.91 Å². The van der Waals surface area contributed by atoms with Gasteiger partial charge in [0.15, 0.2) is 11.5 Å². The monoisotopic (exact) mass is 398 g/mol. The van der Waals surface area contributed by atoms with Crippen LogP contribution in [0.1, 0.15) is 22.7 Å². The van der Waals surface area contributed by atoms with Crippen molar-refractivity contribution in [3.05, 3.63) is 95.2 Å². The molecule has 1 atom stereocenters. The second kappa shape index (κ2) is 7.26. The van der Waals surface area contributed by atoms with Gasteiger partial charge in [0.05, 0.1) is 6.04 Å². The van der Waals surface area contributed by atoms with E-state index in [1.54, 1.807) is 0 Å². The molecule has 3 aromatic carbocycles. The lowest BCUT2D eigenvalue weighted by atomic mass is 10.0. The molecule has 30 heavy (non-hydrogen) atoms. The molecule has 0 aliphatic carbocycles. The van der Waals surface area contributed by atoms with Gasteiger partial charge in [-0.3, -0.25) is 9.69 Å². The average molecular weight is 398 g/mol. The molecule has 0 radical (unpaired) electrons. The van der Waals surface area contributed by atoms with Gasteiger partial charge in [-0.1, -0.05) is 41.5 Å². The second-order valence-electron chi connectivity index (χ2n) is 7.64. The number of anilines is 2. The third-order valence-electron chi connectivity index (χ3n) is 5.43. The number of carbonyl (C=O) groups excluding carboxylic acids is 1. The van der Waals surface area contributed by atoms with E-state index in [0.29, 0.717) is 11.4 Å². The van der Waals surface area contributed by atoms with E-state index >= 15 is 0 Å². The number of benzene rings is 3. The first kappa shape index (κ1) is 18.3. The minimum absolute atomic E-state index is 0.0675. The van der Waals surface area contributed by atoms with E-state index < -0.39 is 0 Å². The zero-order valence-electron chi connectivity index (χ0n) is 16.9. The maximum atomic E-state index is 13.4. The number of nitrogens with zero attached hydrogens (tertiary/aromatic N) is 1. The lowest BCUT2D eigenvalue weighted by molar-refractivity contribution is -0.114. The van der Waals surface area contributed by atoms with Crippen LogP contribution in [0.4, 0.5) is 11.4 Å². The molecule has 0 saturated carbocycles. The van der Waals surface area contributed by atoms with Crippen molar-refractivity contribution in [2.45, 2.75) is 19.9 Å². The predicted molar refractivity (Wildman–Crippen MR) is 117 cm³/mol. The zero-order chi connectivity index (χ0) is 20.7. The van der Waals surface area contributed by atoms with Crippen molar-refractivity contribution in [1.82, 2.24) is 0 Å². The summed E-state index contributed by atoms with van der Waals surface area (Å²) in [4.78, 5) is 15.2. The van der Waals surface area contributed by atoms with Crippen LogP contribution in [0.2, 0.25) is 0 Å². The molecule has 0 fully saturated rings. The van der Waals surface area contributed by atoms with Crippen LogP contribution in [0.25, 0.3) is 0 Å². The molecule has 0 unspecified atom stereocenters. The van der Waals surface area contributed by atoms with Crippen LogP contribution in [0.15, 0.2) is 78.5 Å². The highest BCUT2D eigenvalue weighted by atomic mass is 16.7. The van der Waals surface area contributed by atoms with E-state index in [1.165, 1.54) is 5.56 Å². The van der Waals surface area contributed by atoms with Crippen LogP contribution in [-0.2, 0) is 4.79 Å². The quantitative estimate of drug-likeness (QED) is 0.663. The number of ether oxygens (including phenoxy) is 2. The number of hydrogen-bond donors (Lipinski definition) is 1. The maximum absolute atomic E-state index is 13.4. The van der Waals surface area contributed by atoms with Gasteiger partial charge < -0.3 is 14.8 Å². The fourth-order valence-corrected chi connectivity index (χ4v) is 3.77. The Balaban J connectivity index is 1.54. The van der Waals surface area contributed by atoms with Crippen molar-refractivity contribution in [1.29, 1.82) is 0 Å². The van der Waals surface area contributed by atoms with Gasteiger partial charge in [0.2, 0.25) is 6.79 Å². The number of hydrogen-bond acceptors (Lipinski definition) is 4. The number of carbonyl (C=O) groups is 1. The lowest BCUT2D eigenvalue weighted by Gasteiger charge is -2.25. The van der Waals surface area contributed by atoms with Gasteiger partial charge in [-0.15, -0.1) is 0 Å². The van der Waals surface area contributed by atoms with E-state index in [0.717, 1.165) is 28.3 Å². The van der Waals surface area contributed by atoms with Crippen LogP contribution in [0.3, 0.4) is 0 Å². The summed E-state index contributed by atoms with van der Waals surface area (Å²) in [6.45, 7) is 4.30. The van der Waals surface area contributed by atoms with E-state index in [9.17, 15) is 4.79 Å². The van der Waals surface area contributed by atoms with E-state index in [-0.39, 0.29) is 18.7 Å². The Kier molecular flexibility index (Phi) is 4.43. The molecular weight excluding hydrogens is 376 g/mol. The molecule has 0 bridgehead atoms. The summed E-state index contributed by atoms with van der Waals surface area (Å²) >= 11 is 0. The maximum Gasteiger partial charge on any atom is 0.275 e. The lowest BCUT2D eigenvalue weighted by Crippen LogP contribution is -2.30. The summed E-state index contributed by atoms with van der Waals surface area (Å²) in [6.07, 6.45) is 1.97. The first-order valence-electron chi connectivity index (χ1n) is 9.94. The zero-order valence-corrected chi connectivity index (χ0v) is 16.9. The van der Waals surface area contributed by atoms with Crippen molar-refractivity contribution >= 4 is 17.3 Å². The molecule has 1 amide bonds. The van der Waals surface area contributed by atoms with Crippen LogP contribution in [0.5, 0.6) is 11.5 Å². The van der Waals surface area contributed by atoms with Gasteiger partial charge in [-0.2, -0.15) is 0 Å². The van der Waals surface area contributed by atoms with Gasteiger partial charge in [0.1, 0.15) is 5.70 Å². The number of aryl methyl sites for hydroxylation is 2. The molecule has 5 rings (SSSR count). The fraction of sp³-hybridized carbons (Fsp3) is 0.160. The first-order chi connectivity index (χ1) is 14.6. The van der Waals surface area contributed by atoms with Crippen molar-refractivity contribution < 1.29 is 14.3 Å². The molecule has 5 heteroatoms. The summed E-state index contributed by atoms with van der Waals surface area (Å²) in [5.74, 6) is 1.37. The third-order valence-corrected chi connectivity index (χ3v) is 5.43. The number of fused-ring (bicyclic) bond motifs is 1. The Morgan fingerprint density at radius 3 is 2.27 bits per heavy atom. The second-order valence-corrected chi connectivity index (χ2v) is 7.64. The molecule has 3 aromatic rings.